The smallest absolute Gasteiger partial charge is 0.162 e. The van der Waals surface area contributed by atoms with Gasteiger partial charge in [-0.3, -0.25) is 4.79 Å². The first-order valence-corrected chi connectivity index (χ1v) is 5.96. The summed E-state index contributed by atoms with van der Waals surface area (Å²) in [6, 6.07) is 7.80. The Bertz CT molecular complexity index is 397. The summed E-state index contributed by atoms with van der Waals surface area (Å²) in [5.74, 6) is 0.194. The number of hydrogen-bond donors (Lipinski definition) is 1. The van der Waals surface area contributed by atoms with E-state index in [0.717, 1.165) is 16.9 Å². The van der Waals surface area contributed by atoms with E-state index in [-0.39, 0.29) is 5.78 Å². The largest absolute Gasteiger partial charge is 0.294 e. The molecule has 0 aliphatic rings. The van der Waals surface area contributed by atoms with Crippen LogP contribution in [-0.4, -0.2) is 5.78 Å². The summed E-state index contributed by atoms with van der Waals surface area (Å²) in [6.07, 6.45) is 1.40. The summed E-state index contributed by atoms with van der Waals surface area (Å²) in [6.45, 7) is 5.99. The van der Waals surface area contributed by atoms with Crippen LogP contribution in [0.1, 0.15) is 43.1 Å². The summed E-state index contributed by atoms with van der Waals surface area (Å²) >= 11 is 4.43. The van der Waals surface area contributed by atoms with Gasteiger partial charge in [-0.25, -0.2) is 0 Å². The quantitative estimate of drug-likeness (QED) is 0.614. The lowest BCUT2D eigenvalue weighted by Crippen LogP contribution is -1.96. The van der Waals surface area contributed by atoms with E-state index < -0.39 is 0 Å². The fraction of sp³-hybridized carbons (Fsp3) is 0.357. The zero-order valence-electron chi connectivity index (χ0n) is 10.1. The van der Waals surface area contributed by atoms with Gasteiger partial charge in [0.25, 0.3) is 0 Å². The maximum absolute atomic E-state index is 11.4. The Morgan fingerprint density at radius 2 is 1.75 bits per heavy atom. The second-order valence-electron chi connectivity index (χ2n) is 4.10. The van der Waals surface area contributed by atoms with Crippen molar-refractivity contribution in [2.24, 2.45) is 0 Å². The third kappa shape index (κ3) is 3.53. The first-order chi connectivity index (χ1) is 7.54. The molecular formula is C14H18OS. The molecule has 0 atom stereocenters. The molecule has 0 radical (unpaired) electrons. The molecule has 16 heavy (non-hydrogen) atoms. The van der Waals surface area contributed by atoms with Gasteiger partial charge < -0.3 is 0 Å². The zero-order valence-corrected chi connectivity index (χ0v) is 11.0. The van der Waals surface area contributed by atoms with Gasteiger partial charge in [0.2, 0.25) is 0 Å². The zero-order chi connectivity index (χ0) is 12.1. The Balaban J connectivity index is 2.80. The third-order valence-electron chi connectivity index (χ3n) is 2.55. The molecule has 2 heteroatoms. The van der Waals surface area contributed by atoms with Crippen molar-refractivity contribution in [2.75, 3.05) is 0 Å². The number of allylic oxidation sites excluding steroid dienone is 2. The van der Waals surface area contributed by atoms with Crippen molar-refractivity contribution in [1.82, 2.24) is 0 Å². The molecule has 86 valence electrons. The highest BCUT2D eigenvalue weighted by atomic mass is 32.1. The van der Waals surface area contributed by atoms with Crippen molar-refractivity contribution in [3.8, 4) is 0 Å². The molecule has 0 unspecified atom stereocenters. The second-order valence-corrected chi connectivity index (χ2v) is 4.64. The lowest BCUT2D eigenvalue weighted by Gasteiger charge is -2.04. The van der Waals surface area contributed by atoms with Crippen molar-refractivity contribution < 1.29 is 4.79 Å². The summed E-state index contributed by atoms with van der Waals surface area (Å²) < 4.78 is 0. The van der Waals surface area contributed by atoms with Crippen molar-refractivity contribution >= 4 is 18.4 Å². The van der Waals surface area contributed by atoms with Gasteiger partial charge in [-0.15, -0.1) is 12.6 Å². The molecule has 0 aliphatic heterocycles. The lowest BCUT2D eigenvalue weighted by molar-refractivity contribution is 0.0988. The lowest BCUT2D eigenvalue weighted by atomic mass is 10.0. The summed E-state index contributed by atoms with van der Waals surface area (Å²) in [4.78, 5) is 12.5. The molecule has 0 saturated carbocycles. The van der Waals surface area contributed by atoms with Crippen LogP contribution >= 0.6 is 12.6 Å². The molecule has 0 spiro atoms. The first-order valence-electron chi connectivity index (χ1n) is 5.52. The summed E-state index contributed by atoms with van der Waals surface area (Å²) in [7, 11) is 0. The SMILES string of the molecule is CCC(=O)c1ccc(CC(S)=C(C)C)cc1. The minimum atomic E-state index is 0.194. The van der Waals surface area contributed by atoms with Crippen molar-refractivity contribution in [2.45, 2.75) is 33.6 Å². The predicted octanol–water partition coefficient (Wildman–Crippen LogP) is 4.05. The number of ketones is 1. The molecule has 0 amide bonds. The summed E-state index contributed by atoms with van der Waals surface area (Å²) in [5, 5.41) is 0. The van der Waals surface area contributed by atoms with Gasteiger partial charge in [-0.2, -0.15) is 0 Å². The van der Waals surface area contributed by atoms with Crippen LogP contribution in [0.5, 0.6) is 0 Å². The van der Waals surface area contributed by atoms with Crippen molar-refractivity contribution in [1.29, 1.82) is 0 Å². The van der Waals surface area contributed by atoms with E-state index in [4.69, 9.17) is 0 Å². The van der Waals surface area contributed by atoms with Gasteiger partial charge in [0.15, 0.2) is 5.78 Å². The van der Waals surface area contributed by atoms with Crippen molar-refractivity contribution in [3.63, 3.8) is 0 Å². The van der Waals surface area contributed by atoms with Crippen molar-refractivity contribution in [3.05, 3.63) is 45.9 Å². The Morgan fingerprint density at radius 3 is 2.19 bits per heavy atom. The summed E-state index contributed by atoms with van der Waals surface area (Å²) in [5.41, 5.74) is 3.22. The highest BCUT2D eigenvalue weighted by Gasteiger charge is 2.03. The molecule has 0 saturated heterocycles. The fourth-order valence-corrected chi connectivity index (χ4v) is 1.57. The van der Waals surface area contributed by atoms with E-state index in [0.29, 0.717) is 6.42 Å². The van der Waals surface area contributed by atoms with Crippen LogP contribution in [0.3, 0.4) is 0 Å². The van der Waals surface area contributed by atoms with Crippen LogP contribution in [0.2, 0.25) is 0 Å². The van der Waals surface area contributed by atoms with Gasteiger partial charge in [-0.1, -0.05) is 36.8 Å². The monoisotopic (exact) mass is 234 g/mol. The molecule has 1 aromatic carbocycles. The fourth-order valence-electron chi connectivity index (χ4n) is 1.38. The van der Waals surface area contributed by atoms with Gasteiger partial charge >= 0.3 is 0 Å². The molecule has 1 rings (SSSR count). The van der Waals surface area contributed by atoms with E-state index in [1.54, 1.807) is 0 Å². The molecule has 0 fully saturated rings. The number of Topliss-reactive ketones (excluding diaryl/α,β-unsaturated/α-hetero) is 1. The molecule has 1 aromatic rings. The number of rotatable bonds is 4. The van der Waals surface area contributed by atoms with Crippen LogP contribution in [0.25, 0.3) is 0 Å². The maximum Gasteiger partial charge on any atom is 0.162 e. The number of carbonyl (C=O) groups excluding carboxylic acids is 1. The van der Waals surface area contributed by atoms with Gasteiger partial charge in [-0.05, 0) is 24.3 Å². The van der Waals surface area contributed by atoms with Gasteiger partial charge in [0.05, 0.1) is 0 Å². The number of hydrogen-bond acceptors (Lipinski definition) is 2. The van der Waals surface area contributed by atoms with E-state index in [1.807, 2.05) is 31.2 Å². The first kappa shape index (κ1) is 13.0. The average Bonchev–Trinajstić information content (AvgIpc) is 2.28. The van der Waals surface area contributed by atoms with E-state index in [1.165, 1.54) is 11.1 Å². The topological polar surface area (TPSA) is 17.1 Å². The molecular weight excluding hydrogens is 216 g/mol. The minimum absolute atomic E-state index is 0.194. The number of benzene rings is 1. The van der Waals surface area contributed by atoms with E-state index >= 15 is 0 Å². The Labute approximate surface area is 103 Å². The normalized spacial score (nSPS) is 10.0. The van der Waals surface area contributed by atoms with E-state index in [9.17, 15) is 4.79 Å². The molecule has 1 nitrogen and oxygen atoms in total. The van der Waals surface area contributed by atoms with E-state index in [2.05, 4.69) is 26.5 Å². The predicted molar refractivity (Wildman–Crippen MR) is 72.1 cm³/mol. The minimum Gasteiger partial charge on any atom is -0.294 e. The van der Waals surface area contributed by atoms with Crippen LogP contribution in [-0.2, 0) is 6.42 Å². The number of carbonyl (C=O) groups is 1. The van der Waals surface area contributed by atoms with Crippen LogP contribution in [0, 0.1) is 0 Å². The van der Waals surface area contributed by atoms with Crippen LogP contribution in [0.15, 0.2) is 34.7 Å². The standard InChI is InChI=1S/C14H18OS/c1-4-13(15)12-7-5-11(6-8-12)9-14(16)10(2)3/h5-8,16H,4,9H2,1-3H3. The highest BCUT2D eigenvalue weighted by Crippen LogP contribution is 2.16. The molecule has 0 aromatic heterocycles. The Hall–Kier alpha value is -1.02. The van der Waals surface area contributed by atoms with Crippen LogP contribution in [0.4, 0.5) is 0 Å². The molecule has 0 bridgehead atoms. The number of thiol groups is 1. The Kier molecular flexibility index (Phi) is 4.81. The van der Waals surface area contributed by atoms with Gasteiger partial charge in [0, 0.05) is 18.4 Å². The average molecular weight is 234 g/mol. The van der Waals surface area contributed by atoms with Gasteiger partial charge in [0.1, 0.15) is 0 Å². The Morgan fingerprint density at radius 1 is 1.19 bits per heavy atom. The second kappa shape index (κ2) is 5.90. The maximum atomic E-state index is 11.4. The molecule has 0 heterocycles. The molecule has 0 aliphatic carbocycles. The highest BCUT2D eigenvalue weighted by molar-refractivity contribution is 7.84. The third-order valence-corrected chi connectivity index (χ3v) is 3.15. The van der Waals surface area contributed by atoms with Crippen LogP contribution < -0.4 is 0 Å². The molecule has 0 N–H and O–H groups in total.